The first-order chi connectivity index (χ1) is 14.2. The van der Waals surface area contributed by atoms with Crippen LogP contribution in [0, 0.1) is 17.0 Å². The second kappa shape index (κ2) is 10.2. The summed E-state index contributed by atoms with van der Waals surface area (Å²) in [5.74, 6) is -2.16. The van der Waals surface area contributed by atoms with Crippen molar-refractivity contribution >= 4 is 40.8 Å². The summed E-state index contributed by atoms with van der Waals surface area (Å²) in [5.41, 5.74) is 0.725. The average Bonchev–Trinajstić information content (AvgIpc) is 2.73. The van der Waals surface area contributed by atoms with Crippen molar-refractivity contribution in [1.82, 2.24) is 5.32 Å². The van der Waals surface area contributed by atoms with Crippen molar-refractivity contribution in [2.75, 3.05) is 25.6 Å². The summed E-state index contributed by atoms with van der Waals surface area (Å²) >= 11 is 5.97. The molecule has 30 heavy (non-hydrogen) atoms. The van der Waals surface area contributed by atoms with Gasteiger partial charge in [-0.2, -0.15) is 0 Å². The molecule has 0 unspecified atom stereocenters. The number of ether oxygens (including phenoxy) is 2. The second-order valence-corrected chi connectivity index (χ2v) is 6.35. The standard InChI is InChI=1S/C19H18ClN3O7/c1-11-13(20)4-3-5-14(11)22-17(24)10-30-18(25)9-21-19(26)12-6-7-16(29-2)15(8-12)23(27)28/h3-8H,9-10H2,1-2H3,(H,21,26)(H,22,24). The number of nitrogens with one attached hydrogen (secondary N) is 2. The molecule has 158 valence electrons. The van der Waals surface area contributed by atoms with Gasteiger partial charge in [-0.1, -0.05) is 17.7 Å². The van der Waals surface area contributed by atoms with Crippen LogP contribution in [0.25, 0.3) is 0 Å². The Balaban J connectivity index is 1.85. The fourth-order valence-corrected chi connectivity index (χ4v) is 2.53. The van der Waals surface area contributed by atoms with Gasteiger partial charge in [0.2, 0.25) is 0 Å². The third-order valence-corrected chi connectivity index (χ3v) is 4.35. The number of hydrogen-bond donors (Lipinski definition) is 2. The molecule has 2 aromatic carbocycles. The van der Waals surface area contributed by atoms with Crippen molar-refractivity contribution in [1.29, 1.82) is 0 Å². The SMILES string of the molecule is COc1ccc(C(=O)NCC(=O)OCC(=O)Nc2cccc(Cl)c2C)cc1[N+](=O)[O-]. The fraction of sp³-hybridized carbons (Fsp3) is 0.211. The van der Waals surface area contributed by atoms with Crippen LogP contribution in [0.3, 0.4) is 0 Å². The number of nitro groups is 1. The van der Waals surface area contributed by atoms with Crippen LogP contribution in [-0.4, -0.2) is 43.0 Å². The Morgan fingerprint density at radius 3 is 2.60 bits per heavy atom. The van der Waals surface area contributed by atoms with E-state index in [4.69, 9.17) is 21.1 Å². The molecule has 0 fully saturated rings. The number of carbonyl (C=O) groups excluding carboxylic acids is 3. The van der Waals surface area contributed by atoms with Crippen LogP contribution in [-0.2, 0) is 14.3 Å². The molecule has 0 bridgehead atoms. The summed E-state index contributed by atoms with van der Waals surface area (Å²) in [6, 6.07) is 8.60. The van der Waals surface area contributed by atoms with Gasteiger partial charge in [0.1, 0.15) is 6.54 Å². The van der Waals surface area contributed by atoms with Gasteiger partial charge in [-0.15, -0.1) is 0 Å². The molecule has 0 aliphatic heterocycles. The van der Waals surface area contributed by atoms with E-state index in [2.05, 4.69) is 10.6 Å². The Morgan fingerprint density at radius 2 is 1.93 bits per heavy atom. The number of carbonyl (C=O) groups is 3. The molecule has 0 atom stereocenters. The quantitative estimate of drug-likeness (QED) is 0.369. The monoisotopic (exact) mass is 435 g/mol. The van der Waals surface area contributed by atoms with Gasteiger partial charge in [-0.25, -0.2) is 0 Å². The van der Waals surface area contributed by atoms with E-state index >= 15 is 0 Å². The van der Waals surface area contributed by atoms with Crippen LogP contribution < -0.4 is 15.4 Å². The molecule has 0 aliphatic rings. The minimum Gasteiger partial charge on any atom is -0.490 e. The summed E-state index contributed by atoms with van der Waals surface area (Å²) in [4.78, 5) is 46.1. The third-order valence-electron chi connectivity index (χ3n) is 3.94. The topological polar surface area (TPSA) is 137 Å². The first-order valence-corrected chi connectivity index (χ1v) is 8.92. The zero-order valence-electron chi connectivity index (χ0n) is 16.1. The minimum absolute atomic E-state index is 0.00286. The van der Waals surface area contributed by atoms with Gasteiger partial charge < -0.3 is 20.1 Å². The second-order valence-electron chi connectivity index (χ2n) is 5.95. The summed E-state index contributed by atoms with van der Waals surface area (Å²) in [7, 11) is 1.27. The first kappa shape index (κ1) is 22.6. The maximum atomic E-state index is 12.1. The highest BCUT2D eigenvalue weighted by molar-refractivity contribution is 6.31. The van der Waals surface area contributed by atoms with Crippen LogP contribution in [0.1, 0.15) is 15.9 Å². The number of anilines is 1. The maximum absolute atomic E-state index is 12.1. The predicted octanol–water partition coefficient (Wildman–Crippen LogP) is 2.48. The van der Waals surface area contributed by atoms with Crippen molar-refractivity contribution in [3.05, 3.63) is 62.7 Å². The van der Waals surface area contributed by atoms with Gasteiger partial charge in [0.15, 0.2) is 12.4 Å². The van der Waals surface area contributed by atoms with Crippen LogP contribution in [0.4, 0.5) is 11.4 Å². The van der Waals surface area contributed by atoms with Gasteiger partial charge in [0.05, 0.1) is 12.0 Å². The molecule has 0 spiro atoms. The number of benzene rings is 2. The number of nitrogens with zero attached hydrogens (tertiary/aromatic N) is 1. The zero-order chi connectivity index (χ0) is 22.3. The predicted molar refractivity (Wildman–Crippen MR) is 108 cm³/mol. The molecule has 0 saturated carbocycles. The molecule has 2 aromatic rings. The lowest BCUT2D eigenvalue weighted by Gasteiger charge is -2.10. The molecule has 2 N–H and O–H groups in total. The highest BCUT2D eigenvalue weighted by Crippen LogP contribution is 2.27. The number of esters is 1. The summed E-state index contributed by atoms with van der Waals surface area (Å²) in [6.07, 6.45) is 0. The van der Waals surface area contributed by atoms with E-state index in [1.165, 1.54) is 19.2 Å². The Morgan fingerprint density at radius 1 is 1.20 bits per heavy atom. The van der Waals surface area contributed by atoms with Gasteiger partial charge >= 0.3 is 11.7 Å². The number of halogens is 1. The fourth-order valence-electron chi connectivity index (χ4n) is 2.35. The molecule has 0 heterocycles. The van der Waals surface area contributed by atoms with E-state index in [0.717, 1.165) is 6.07 Å². The highest BCUT2D eigenvalue weighted by atomic mass is 35.5. The van der Waals surface area contributed by atoms with Gasteiger partial charge in [-0.3, -0.25) is 24.5 Å². The Bertz CT molecular complexity index is 994. The summed E-state index contributed by atoms with van der Waals surface area (Å²) in [6.45, 7) is 0.639. The van der Waals surface area contributed by atoms with Crippen molar-refractivity contribution < 1.29 is 28.8 Å². The molecule has 10 nitrogen and oxygen atoms in total. The molecular formula is C19H18ClN3O7. The molecular weight excluding hydrogens is 418 g/mol. The smallest absolute Gasteiger partial charge is 0.325 e. The van der Waals surface area contributed by atoms with Crippen molar-refractivity contribution in [2.45, 2.75) is 6.92 Å². The van der Waals surface area contributed by atoms with Crippen molar-refractivity contribution in [3.63, 3.8) is 0 Å². The number of rotatable bonds is 8. The Hall–Kier alpha value is -3.66. The molecule has 0 radical (unpaired) electrons. The van der Waals surface area contributed by atoms with E-state index in [-0.39, 0.29) is 17.0 Å². The molecule has 11 heteroatoms. The normalized spacial score (nSPS) is 10.1. The van der Waals surface area contributed by atoms with Gasteiger partial charge in [0.25, 0.3) is 11.8 Å². The van der Waals surface area contributed by atoms with E-state index in [1.807, 2.05) is 0 Å². The van der Waals surface area contributed by atoms with Crippen LogP contribution in [0.5, 0.6) is 5.75 Å². The molecule has 2 amide bonds. The van der Waals surface area contributed by atoms with Gasteiger partial charge in [0, 0.05) is 22.3 Å². The molecule has 2 rings (SSSR count). The lowest BCUT2D eigenvalue weighted by atomic mass is 10.1. The van der Waals surface area contributed by atoms with E-state index in [9.17, 15) is 24.5 Å². The number of methoxy groups -OCH3 is 1. The largest absolute Gasteiger partial charge is 0.490 e. The minimum atomic E-state index is -0.857. The van der Waals surface area contributed by atoms with Crippen LogP contribution in [0.15, 0.2) is 36.4 Å². The van der Waals surface area contributed by atoms with E-state index in [0.29, 0.717) is 16.3 Å². The van der Waals surface area contributed by atoms with Crippen LogP contribution in [0.2, 0.25) is 5.02 Å². The number of hydrogen-bond acceptors (Lipinski definition) is 7. The lowest BCUT2D eigenvalue weighted by Crippen LogP contribution is -2.32. The van der Waals surface area contributed by atoms with Crippen LogP contribution >= 0.6 is 11.6 Å². The highest BCUT2D eigenvalue weighted by Gasteiger charge is 2.19. The van der Waals surface area contributed by atoms with E-state index in [1.54, 1.807) is 25.1 Å². The molecule has 0 aliphatic carbocycles. The summed E-state index contributed by atoms with van der Waals surface area (Å²) in [5, 5.41) is 16.3. The molecule has 0 aromatic heterocycles. The van der Waals surface area contributed by atoms with Crippen molar-refractivity contribution in [2.24, 2.45) is 0 Å². The number of amides is 2. The maximum Gasteiger partial charge on any atom is 0.325 e. The summed E-state index contributed by atoms with van der Waals surface area (Å²) < 4.78 is 9.66. The molecule has 0 saturated heterocycles. The zero-order valence-corrected chi connectivity index (χ0v) is 16.8. The first-order valence-electron chi connectivity index (χ1n) is 8.54. The number of nitro benzene ring substituents is 1. The Labute approximate surface area is 176 Å². The third kappa shape index (κ3) is 5.92. The Kier molecular flexibility index (Phi) is 7.70. The lowest BCUT2D eigenvalue weighted by molar-refractivity contribution is -0.385. The van der Waals surface area contributed by atoms with Crippen molar-refractivity contribution in [3.8, 4) is 5.75 Å². The average molecular weight is 436 g/mol. The van der Waals surface area contributed by atoms with Gasteiger partial charge in [-0.05, 0) is 36.8 Å². The van der Waals surface area contributed by atoms with E-state index < -0.39 is 35.9 Å².